The zero-order chi connectivity index (χ0) is 19.8. The van der Waals surface area contributed by atoms with E-state index in [0.29, 0.717) is 24.5 Å². The first kappa shape index (κ1) is 19.4. The van der Waals surface area contributed by atoms with Crippen molar-refractivity contribution in [3.8, 4) is 5.75 Å². The number of fused-ring (bicyclic) bond motifs is 2. The number of nitrogens with one attached hydrogen (secondary N) is 1. The molecule has 4 aliphatic carbocycles. The molecule has 1 amide bonds. The van der Waals surface area contributed by atoms with Gasteiger partial charge in [0.15, 0.2) is 0 Å². The van der Waals surface area contributed by atoms with Crippen LogP contribution in [0.15, 0.2) is 24.3 Å². The molecule has 4 aliphatic rings. The van der Waals surface area contributed by atoms with Crippen LogP contribution >= 0.6 is 0 Å². The molecule has 1 aromatic rings. The molecule has 0 saturated heterocycles. The summed E-state index contributed by atoms with van der Waals surface area (Å²) in [5, 5.41) is 13.0. The van der Waals surface area contributed by atoms with Gasteiger partial charge in [0, 0.05) is 11.6 Å². The van der Waals surface area contributed by atoms with Crippen LogP contribution in [0, 0.1) is 29.6 Å². The van der Waals surface area contributed by atoms with Crippen LogP contribution in [0.4, 0.5) is 0 Å². The molecule has 5 rings (SSSR count). The van der Waals surface area contributed by atoms with Gasteiger partial charge in [0.25, 0.3) is 5.91 Å². The van der Waals surface area contributed by atoms with Crippen molar-refractivity contribution in [1.82, 2.24) is 5.32 Å². The van der Waals surface area contributed by atoms with Gasteiger partial charge in [-0.05, 0) is 118 Å². The molecule has 0 spiro atoms. The number of ether oxygens (including phenoxy) is 1. The number of amides is 1. The Morgan fingerprint density at radius 1 is 0.931 bits per heavy atom. The van der Waals surface area contributed by atoms with E-state index in [2.05, 4.69) is 5.32 Å². The lowest BCUT2D eigenvalue weighted by Gasteiger charge is -2.27. The van der Waals surface area contributed by atoms with Crippen molar-refractivity contribution in [2.24, 2.45) is 29.6 Å². The maximum atomic E-state index is 12.9. The van der Waals surface area contributed by atoms with Gasteiger partial charge in [0.2, 0.25) is 0 Å². The lowest BCUT2D eigenvalue weighted by Crippen LogP contribution is -2.41. The fraction of sp³-hybridized carbons (Fsp3) is 0.720. The van der Waals surface area contributed by atoms with Gasteiger partial charge in [-0.3, -0.25) is 4.79 Å². The monoisotopic (exact) mass is 397 g/mol. The molecule has 5 unspecified atom stereocenters. The van der Waals surface area contributed by atoms with Crippen molar-refractivity contribution in [3.05, 3.63) is 29.8 Å². The summed E-state index contributed by atoms with van der Waals surface area (Å²) in [5.41, 5.74) is 0.738. The van der Waals surface area contributed by atoms with E-state index in [1.807, 2.05) is 24.3 Å². The van der Waals surface area contributed by atoms with Crippen molar-refractivity contribution in [1.29, 1.82) is 0 Å². The first-order valence-electron chi connectivity index (χ1n) is 11.9. The van der Waals surface area contributed by atoms with Crippen molar-refractivity contribution in [2.75, 3.05) is 6.61 Å². The molecule has 0 aromatic heterocycles. The molecule has 0 aliphatic heterocycles. The summed E-state index contributed by atoms with van der Waals surface area (Å²) in [7, 11) is 0. The number of aliphatic hydroxyl groups is 1. The van der Waals surface area contributed by atoms with Crippen molar-refractivity contribution in [3.63, 3.8) is 0 Å². The summed E-state index contributed by atoms with van der Waals surface area (Å²) in [4.78, 5) is 12.9. The lowest BCUT2D eigenvalue weighted by atomic mass is 9.80. The van der Waals surface area contributed by atoms with Crippen molar-refractivity contribution >= 4 is 5.91 Å². The Kier molecular flexibility index (Phi) is 5.55. The fourth-order valence-corrected chi connectivity index (χ4v) is 6.75. The van der Waals surface area contributed by atoms with Gasteiger partial charge < -0.3 is 15.2 Å². The standard InChI is InChI=1S/C25H35NO3/c27-21-6-1-16(2-7-21)15-29-22-8-4-19(5-9-22)25(28)26-24-10-3-17-11-18-13-20(12-17)23(24)14-18/h4-5,8-9,16-18,20-21,23-24,27H,1-3,6-7,10-15H2,(H,26,28). The summed E-state index contributed by atoms with van der Waals surface area (Å²) in [6.07, 6.45) is 11.7. The number of benzene rings is 1. The molecule has 4 heteroatoms. The van der Waals surface area contributed by atoms with E-state index in [9.17, 15) is 9.90 Å². The minimum absolute atomic E-state index is 0.0732. The second-order valence-electron chi connectivity index (χ2n) is 10.3. The number of rotatable bonds is 5. The van der Waals surface area contributed by atoms with Gasteiger partial charge in [-0.15, -0.1) is 0 Å². The molecule has 1 aromatic carbocycles. The van der Waals surface area contributed by atoms with Crippen LogP contribution in [0.5, 0.6) is 5.75 Å². The van der Waals surface area contributed by atoms with Crippen LogP contribution in [0.2, 0.25) is 0 Å². The lowest BCUT2D eigenvalue weighted by molar-refractivity contribution is 0.0912. The van der Waals surface area contributed by atoms with Crippen molar-refractivity contribution in [2.45, 2.75) is 76.4 Å². The van der Waals surface area contributed by atoms with Gasteiger partial charge >= 0.3 is 0 Å². The minimum Gasteiger partial charge on any atom is -0.493 e. The normalized spacial score (nSPS) is 38.4. The Morgan fingerprint density at radius 2 is 1.69 bits per heavy atom. The van der Waals surface area contributed by atoms with Crippen LogP contribution in [-0.2, 0) is 0 Å². The predicted molar refractivity (Wildman–Crippen MR) is 113 cm³/mol. The molecule has 4 saturated carbocycles. The van der Waals surface area contributed by atoms with E-state index in [-0.39, 0.29) is 12.0 Å². The number of hydrogen-bond donors (Lipinski definition) is 2. The van der Waals surface area contributed by atoms with Gasteiger partial charge in [-0.25, -0.2) is 0 Å². The largest absolute Gasteiger partial charge is 0.493 e. The highest BCUT2D eigenvalue weighted by Crippen LogP contribution is 2.53. The van der Waals surface area contributed by atoms with Crippen molar-refractivity contribution < 1.29 is 14.6 Å². The minimum atomic E-state index is -0.122. The van der Waals surface area contributed by atoms with E-state index >= 15 is 0 Å². The van der Waals surface area contributed by atoms with E-state index in [0.717, 1.165) is 61.2 Å². The van der Waals surface area contributed by atoms with Crippen LogP contribution in [0.3, 0.4) is 0 Å². The zero-order valence-electron chi connectivity index (χ0n) is 17.4. The highest BCUT2D eigenvalue weighted by Gasteiger charge is 2.46. The number of hydrogen-bond acceptors (Lipinski definition) is 3. The Hall–Kier alpha value is -1.55. The highest BCUT2D eigenvalue weighted by atomic mass is 16.5. The van der Waals surface area contributed by atoms with Crippen LogP contribution in [-0.4, -0.2) is 29.8 Å². The Bertz CT molecular complexity index is 709. The summed E-state index contributed by atoms with van der Waals surface area (Å²) in [5.74, 6) is 4.82. The molecule has 158 valence electrons. The van der Waals surface area contributed by atoms with E-state index < -0.39 is 0 Å². The Labute approximate surface area is 174 Å². The molecule has 29 heavy (non-hydrogen) atoms. The summed E-state index contributed by atoms with van der Waals surface area (Å²) in [6, 6.07) is 8.01. The summed E-state index contributed by atoms with van der Waals surface area (Å²) in [6.45, 7) is 0.700. The number of carbonyl (C=O) groups excluding carboxylic acids is 1. The third-order valence-electron chi connectivity index (χ3n) is 8.29. The topological polar surface area (TPSA) is 58.6 Å². The van der Waals surface area contributed by atoms with E-state index in [1.54, 1.807) is 0 Å². The Morgan fingerprint density at radius 3 is 2.48 bits per heavy atom. The van der Waals surface area contributed by atoms with E-state index in [1.165, 1.54) is 32.1 Å². The molecule has 0 radical (unpaired) electrons. The molecule has 4 nitrogen and oxygen atoms in total. The molecule has 4 fully saturated rings. The van der Waals surface area contributed by atoms with E-state index in [4.69, 9.17) is 4.74 Å². The number of carbonyl (C=O) groups is 1. The molecular weight excluding hydrogens is 362 g/mol. The maximum Gasteiger partial charge on any atom is 0.251 e. The fourth-order valence-electron chi connectivity index (χ4n) is 6.75. The number of aliphatic hydroxyl groups excluding tert-OH is 1. The average molecular weight is 398 g/mol. The average Bonchev–Trinajstić information content (AvgIpc) is 2.98. The van der Waals surface area contributed by atoms with Crippen LogP contribution in [0.1, 0.15) is 74.6 Å². The molecule has 2 N–H and O–H groups in total. The zero-order valence-corrected chi connectivity index (χ0v) is 17.4. The van der Waals surface area contributed by atoms with Gasteiger partial charge in [-0.1, -0.05) is 0 Å². The predicted octanol–water partition coefficient (Wildman–Crippen LogP) is 4.56. The second-order valence-corrected chi connectivity index (χ2v) is 10.3. The first-order valence-corrected chi connectivity index (χ1v) is 11.9. The summed E-state index contributed by atoms with van der Waals surface area (Å²) < 4.78 is 5.94. The highest BCUT2D eigenvalue weighted by molar-refractivity contribution is 5.94. The van der Waals surface area contributed by atoms with Gasteiger partial charge in [0.05, 0.1) is 12.7 Å². The third-order valence-corrected chi connectivity index (χ3v) is 8.29. The van der Waals surface area contributed by atoms with Gasteiger partial charge in [0.1, 0.15) is 5.75 Å². The smallest absolute Gasteiger partial charge is 0.251 e. The van der Waals surface area contributed by atoms with Crippen LogP contribution in [0.25, 0.3) is 0 Å². The Balaban J connectivity index is 1.14. The third kappa shape index (κ3) is 4.33. The maximum absolute atomic E-state index is 12.9. The molecule has 5 atom stereocenters. The van der Waals surface area contributed by atoms with Gasteiger partial charge in [-0.2, -0.15) is 0 Å². The quantitative estimate of drug-likeness (QED) is 0.766. The summed E-state index contributed by atoms with van der Waals surface area (Å²) >= 11 is 0. The molecule has 3 bridgehead atoms. The molecule has 0 heterocycles. The molecular formula is C25H35NO3. The second kappa shape index (κ2) is 8.29. The first-order chi connectivity index (χ1) is 14.1. The van der Waals surface area contributed by atoms with Crippen LogP contribution < -0.4 is 10.1 Å². The SMILES string of the molecule is O=C(NC1CCC2CC3CC(C2)C1C3)c1ccc(OCC2CCC(O)CC2)cc1.